The van der Waals surface area contributed by atoms with Gasteiger partial charge < -0.3 is 14.0 Å². The van der Waals surface area contributed by atoms with E-state index in [1.165, 1.54) is 18.6 Å². The number of hydrogen-bond donors (Lipinski definition) is 0. The van der Waals surface area contributed by atoms with Crippen molar-refractivity contribution in [1.29, 1.82) is 0 Å². The Bertz CT molecular complexity index is 911. The fourth-order valence-electron chi connectivity index (χ4n) is 5.33. The number of rotatable bonds is 5. The summed E-state index contributed by atoms with van der Waals surface area (Å²) in [4.78, 5) is 28.5. The van der Waals surface area contributed by atoms with E-state index >= 15 is 0 Å². The molecule has 1 aromatic heterocycles. The Hall–Kier alpha value is -2.63. The van der Waals surface area contributed by atoms with Crippen LogP contribution < -0.4 is 0 Å². The Labute approximate surface area is 197 Å². The number of hydrogen-bond acceptors (Lipinski definition) is 5. The summed E-state index contributed by atoms with van der Waals surface area (Å²) in [6.45, 7) is 8.22. The average molecular weight is 455 g/mol. The van der Waals surface area contributed by atoms with E-state index in [1.807, 2.05) is 17.8 Å². The Kier molecular flexibility index (Phi) is 8.70. The summed E-state index contributed by atoms with van der Waals surface area (Å²) in [7, 11) is 1.89. The molecular weight excluding hydrogens is 416 g/mol. The molecule has 0 saturated carbocycles. The number of fused-ring (bicyclic) bond motifs is 1. The molecule has 180 valence electrons. The van der Waals surface area contributed by atoms with E-state index in [0.29, 0.717) is 36.5 Å². The molecule has 0 spiro atoms. The van der Waals surface area contributed by atoms with Gasteiger partial charge in [0.1, 0.15) is 12.2 Å². The summed E-state index contributed by atoms with van der Waals surface area (Å²) >= 11 is 0. The van der Waals surface area contributed by atoms with Crippen LogP contribution in [0.25, 0.3) is 6.08 Å². The van der Waals surface area contributed by atoms with Gasteiger partial charge in [-0.1, -0.05) is 37.6 Å². The molecule has 2 aliphatic rings. The van der Waals surface area contributed by atoms with Crippen LogP contribution in [-0.4, -0.2) is 33.7 Å². The first-order chi connectivity index (χ1) is 15.7. The molecule has 0 fully saturated rings. The van der Waals surface area contributed by atoms with Gasteiger partial charge in [-0.25, -0.2) is 9.78 Å². The molecule has 2 aliphatic carbocycles. The van der Waals surface area contributed by atoms with Crippen LogP contribution in [0.4, 0.5) is 0 Å². The maximum absolute atomic E-state index is 12.6. The summed E-state index contributed by atoms with van der Waals surface area (Å²) < 4.78 is 13.4. The number of aromatic nitrogens is 2. The second kappa shape index (κ2) is 11.5. The SMILES string of the molecule is CC(=O)O[C@@H]1C/C=C\C[C@H](OC(=O)/C=C/c2cn(C)cn2)C[C@H]2C(C)=CC[C@H](C(C)C)[C@H]2C1. The lowest BCUT2D eigenvalue weighted by atomic mass is 9.64. The molecule has 0 amide bonds. The zero-order valence-corrected chi connectivity index (χ0v) is 20.6. The van der Waals surface area contributed by atoms with Gasteiger partial charge in [-0.15, -0.1) is 0 Å². The van der Waals surface area contributed by atoms with Crippen molar-refractivity contribution in [3.05, 3.63) is 48.1 Å². The highest BCUT2D eigenvalue weighted by molar-refractivity contribution is 5.86. The fourth-order valence-corrected chi connectivity index (χ4v) is 5.33. The Morgan fingerprint density at radius 1 is 1.12 bits per heavy atom. The van der Waals surface area contributed by atoms with Crippen molar-refractivity contribution >= 4 is 18.0 Å². The molecule has 0 radical (unpaired) electrons. The average Bonchev–Trinajstić information content (AvgIpc) is 3.16. The predicted molar refractivity (Wildman–Crippen MR) is 129 cm³/mol. The maximum Gasteiger partial charge on any atom is 0.331 e. The largest absolute Gasteiger partial charge is 0.462 e. The Balaban J connectivity index is 1.79. The van der Waals surface area contributed by atoms with Gasteiger partial charge >= 0.3 is 11.9 Å². The molecule has 0 aliphatic heterocycles. The van der Waals surface area contributed by atoms with Crippen molar-refractivity contribution < 1.29 is 19.1 Å². The topological polar surface area (TPSA) is 70.4 Å². The van der Waals surface area contributed by atoms with E-state index < -0.39 is 0 Å². The third kappa shape index (κ3) is 7.18. The summed E-state index contributed by atoms with van der Waals surface area (Å²) in [5, 5.41) is 0. The molecular formula is C27H38N2O4. The van der Waals surface area contributed by atoms with Crippen molar-refractivity contribution in [2.24, 2.45) is 30.7 Å². The minimum atomic E-state index is -0.344. The fraction of sp³-hybridized carbons (Fsp3) is 0.593. The normalized spacial score (nSPS) is 29.3. The van der Waals surface area contributed by atoms with Gasteiger partial charge in [-0.2, -0.15) is 0 Å². The Morgan fingerprint density at radius 3 is 2.42 bits per heavy atom. The van der Waals surface area contributed by atoms with Crippen LogP contribution in [0, 0.1) is 23.7 Å². The standard InChI is InChI=1S/C27H38N2O4/c1-18(2)24-12-10-19(3)25-14-23(33-27(31)13-11-21-16-29(5)17-28-21)9-7-6-8-22(15-26(24)25)32-20(4)30/h6-7,10-11,13,16-18,22-26H,8-9,12,14-15H2,1-5H3/b7-6-,13-11+/t22-,23+,24-,25+,26-/m1/s1. The number of nitrogens with zero attached hydrogens (tertiary/aromatic N) is 2. The number of imidazole rings is 1. The van der Waals surface area contributed by atoms with Crippen LogP contribution >= 0.6 is 0 Å². The number of carbonyl (C=O) groups excluding carboxylic acids is 2. The van der Waals surface area contributed by atoms with Crippen molar-refractivity contribution in [2.75, 3.05) is 0 Å². The summed E-state index contributed by atoms with van der Waals surface area (Å²) in [6.07, 6.45) is 16.9. The van der Waals surface area contributed by atoms with Crippen molar-refractivity contribution in [3.63, 3.8) is 0 Å². The second-order valence-corrected chi connectivity index (χ2v) is 9.86. The van der Waals surface area contributed by atoms with Crippen LogP contribution in [0.1, 0.15) is 65.5 Å². The van der Waals surface area contributed by atoms with E-state index in [9.17, 15) is 9.59 Å². The van der Waals surface area contributed by atoms with Gasteiger partial charge in [-0.05, 0) is 55.9 Å². The first-order valence-electron chi connectivity index (χ1n) is 12.1. The third-order valence-electron chi connectivity index (χ3n) is 6.97. The molecule has 1 aromatic rings. The molecule has 0 bridgehead atoms. The zero-order valence-electron chi connectivity index (χ0n) is 20.6. The molecule has 33 heavy (non-hydrogen) atoms. The molecule has 5 atom stereocenters. The summed E-state index contributed by atoms with van der Waals surface area (Å²) in [6, 6.07) is 0. The van der Waals surface area contributed by atoms with Crippen molar-refractivity contribution in [3.8, 4) is 0 Å². The minimum Gasteiger partial charge on any atom is -0.462 e. The van der Waals surface area contributed by atoms with Gasteiger partial charge in [0.25, 0.3) is 0 Å². The Morgan fingerprint density at radius 2 is 1.82 bits per heavy atom. The lowest BCUT2D eigenvalue weighted by Crippen LogP contribution is -2.37. The lowest BCUT2D eigenvalue weighted by Gasteiger charge is -2.42. The highest BCUT2D eigenvalue weighted by Gasteiger charge is 2.38. The molecule has 0 unspecified atom stereocenters. The smallest absolute Gasteiger partial charge is 0.331 e. The van der Waals surface area contributed by atoms with Gasteiger partial charge in [0.15, 0.2) is 0 Å². The number of aryl methyl sites for hydroxylation is 1. The monoisotopic (exact) mass is 454 g/mol. The first-order valence-corrected chi connectivity index (χ1v) is 12.1. The van der Waals surface area contributed by atoms with Gasteiger partial charge in [0.05, 0.1) is 12.0 Å². The highest BCUT2D eigenvalue weighted by atomic mass is 16.5. The van der Waals surface area contributed by atoms with E-state index in [0.717, 1.165) is 25.0 Å². The molecule has 6 nitrogen and oxygen atoms in total. The number of allylic oxidation sites excluding steroid dienone is 2. The first kappa shape index (κ1) is 25.0. The summed E-state index contributed by atoms with van der Waals surface area (Å²) in [5.74, 6) is 1.16. The van der Waals surface area contributed by atoms with Crippen LogP contribution in [0.15, 0.2) is 42.4 Å². The highest BCUT2D eigenvalue weighted by Crippen LogP contribution is 2.44. The van der Waals surface area contributed by atoms with E-state index in [1.54, 1.807) is 12.4 Å². The van der Waals surface area contributed by atoms with Crippen LogP contribution in [-0.2, 0) is 26.1 Å². The molecule has 0 aromatic carbocycles. The number of esters is 2. The second-order valence-electron chi connectivity index (χ2n) is 9.86. The molecule has 1 heterocycles. The predicted octanol–water partition coefficient (Wildman–Crippen LogP) is 5.26. The summed E-state index contributed by atoms with van der Waals surface area (Å²) in [5.41, 5.74) is 2.08. The molecule has 0 N–H and O–H groups in total. The number of ether oxygens (including phenoxy) is 2. The molecule has 6 heteroatoms. The van der Waals surface area contributed by atoms with E-state index in [4.69, 9.17) is 9.47 Å². The van der Waals surface area contributed by atoms with E-state index in [2.05, 4.69) is 44.0 Å². The van der Waals surface area contributed by atoms with Gasteiger partial charge in [0.2, 0.25) is 0 Å². The minimum absolute atomic E-state index is 0.112. The van der Waals surface area contributed by atoms with Crippen LogP contribution in [0.5, 0.6) is 0 Å². The quantitative estimate of drug-likeness (QED) is 0.345. The van der Waals surface area contributed by atoms with Crippen LogP contribution in [0.2, 0.25) is 0 Å². The molecule has 3 rings (SSSR count). The van der Waals surface area contributed by atoms with Crippen molar-refractivity contribution in [1.82, 2.24) is 9.55 Å². The number of carbonyl (C=O) groups is 2. The van der Waals surface area contributed by atoms with E-state index in [-0.39, 0.29) is 24.1 Å². The third-order valence-corrected chi connectivity index (χ3v) is 6.97. The van der Waals surface area contributed by atoms with Crippen LogP contribution in [0.3, 0.4) is 0 Å². The van der Waals surface area contributed by atoms with Gasteiger partial charge in [-0.3, -0.25) is 4.79 Å². The molecule has 0 saturated heterocycles. The van der Waals surface area contributed by atoms with Crippen molar-refractivity contribution in [2.45, 2.75) is 72.0 Å². The lowest BCUT2D eigenvalue weighted by molar-refractivity contribution is -0.148. The van der Waals surface area contributed by atoms with Gasteiger partial charge in [0, 0.05) is 39.1 Å². The zero-order chi connectivity index (χ0) is 24.0. The maximum atomic E-state index is 12.6.